The van der Waals surface area contributed by atoms with E-state index in [1.165, 1.54) is 13.8 Å². The predicted molar refractivity (Wildman–Crippen MR) is 171 cm³/mol. The fourth-order valence-corrected chi connectivity index (χ4v) is 11.0. The molecule has 2 aliphatic rings. The van der Waals surface area contributed by atoms with E-state index in [2.05, 4.69) is 15.3 Å². The van der Waals surface area contributed by atoms with E-state index >= 15 is 0 Å². The summed E-state index contributed by atoms with van der Waals surface area (Å²) in [5, 5.41) is 43.0. The lowest BCUT2D eigenvalue weighted by Gasteiger charge is -2.41. The van der Waals surface area contributed by atoms with E-state index < -0.39 is 132 Å². The minimum absolute atomic E-state index is 0.466. The van der Waals surface area contributed by atoms with Gasteiger partial charge in [0.15, 0.2) is 26.4 Å². The van der Waals surface area contributed by atoms with E-state index in [0.717, 1.165) is 10.9 Å². The van der Waals surface area contributed by atoms with Crippen molar-refractivity contribution >= 4 is 42.2 Å². The number of alkyl halides is 3. The summed E-state index contributed by atoms with van der Waals surface area (Å²) in [6.07, 6.45) is -9.60. The Hall–Kier alpha value is -2.54. The third kappa shape index (κ3) is 7.23. The molecule has 0 radical (unpaired) electrons. The number of hydrogen-bond acceptors (Lipinski definition) is 14. The number of hydrogen-bond donors (Lipinski definition) is 5. The Balaban J connectivity index is 1.98. The van der Waals surface area contributed by atoms with Gasteiger partial charge in [-0.05, 0) is 10.1 Å². The number of amides is 1. The summed E-state index contributed by atoms with van der Waals surface area (Å²) in [5.74, 6) is -2.05. The number of fused-ring (bicyclic) bond motifs is 1. The Morgan fingerprint density at radius 1 is 1.14 bits per heavy atom. The number of anilines is 1. The molecule has 2 aliphatic heterocycles. The average molecular weight is 760 g/mol. The Kier molecular flexibility index (Phi) is 11.1. The first kappa shape index (κ1) is 40.2. The van der Waals surface area contributed by atoms with Crippen molar-refractivity contribution in [1.29, 1.82) is 0 Å². The quantitative estimate of drug-likeness (QED) is 0.126. The van der Waals surface area contributed by atoms with Gasteiger partial charge >= 0.3 is 15.6 Å². The van der Waals surface area contributed by atoms with Crippen LogP contribution < -0.4 is 10.9 Å². The van der Waals surface area contributed by atoms with Crippen LogP contribution in [0.2, 0.25) is 10.1 Å². The fraction of sp³-hybridized carbons (Fsp3) is 0.786. The Bertz CT molecular complexity index is 1730. The number of nitrogens with zero attached hydrogens (tertiary/aromatic N) is 4. The Morgan fingerprint density at radius 2 is 1.74 bits per heavy atom. The van der Waals surface area contributed by atoms with Crippen LogP contribution in [0.25, 0.3) is 11.2 Å². The zero-order valence-corrected chi connectivity index (χ0v) is 30.7. The van der Waals surface area contributed by atoms with Crippen molar-refractivity contribution in [1.82, 2.24) is 19.1 Å². The molecule has 0 bridgehead atoms. The lowest BCUT2D eigenvalue weighted by atomic mass is 10.1. The van der Waals surface area contributed by atoms with Crippen molar-refractivity contribution in [3.05, 3.63) is 16.7 Å². The summed E-state index contributed by atoms with van der Waals surface area (Å²) in [6, 6.07) is 0. The number of ether oxygens (including phenoxy) is 2. The number of imidazole rings is 1. The van der Waals surface area contributed by atoms with Crippen molar-refractivity contribution in [3.8, 4) is 0 Å². The summed E-state index contributed by atoms with van der Waals surface area (Å²) in [7, 11) is -8.89. The molecule has 0 aliphatic carbocycles. The molecule has 0 aromatic carbocycles. The van der Waals surface area contributed by atoms with Gasteiger partial charge in [-0.2, -0.15) is 26.6 Å². The van der Waals surface area contributed by atoms with Crippen molar-refractivity contribution in [2.45, 2.75) is 113 Å². The molecule has 2 aromatic rings. The van der Waals surface area contributed by atoms with E-state index in [4.69, 9.17) is 18.1 Å². The first-order valence-corrected chi connectivity index (χ1v) is 18.7. The van der Waals surface area contributed by atoms with Gasteiger partial charge in [-0.1, -0.05) is 55.4 Å². The zero-order valence-electron chi connectivity index (χ0n) is 28.7. The average Bonchev–Trinajstić information content (AvgIpc) is 3.63. The SMILES string of the molecule is CC(C)C(=O)Nc1nc2c(ncn2[C@@H]2O[C@H](CO)C(O[SiH](C(C)(C)C)C(C)(C)C)C2OS(=O)(=O)C(F)(F)F)c(=O)n1[C@@]1(CO)OC[C@@H](O)[C@@H]1O. The van der Waals surface area contributed by atoms with Crippen molar-refractivity contribution in [2.75, 3.05) is 25.1 Å². The van der Waals surface area contributed by atoms with E-state index in [1.807, 2.05) is 41.5 Å². The van der Waals surface area contributed by atoms with Crippen LogP contribution in [0.5, 0.6) is 0 Å². The lowest BCUT2D eigenvalue weighted by Crippen LogP contribution is -2.54. The molecule has 2 saturated heterocycles. The largest absolute Gasteiger partial charge is 0.523 e. The highest BCUT2D eigenvalue weighted by molar-refractivity contribution is 7.87. The minimum atomic E-state index is -6.31. The number of carbonyl (C=O) groups is 1. The molecule has 1 amide bonds. The first-order chi connectivity index (χ1) is 22.8. The molecule has 0 spiro atoms. The number of halogens is 3. The molecule has 2 fully saturated rings. The molecule has 4 rings (SSSR count). The van der Waals surface area contributed by atoms with Gasteiger partial charge < -0.3 is 34.3 Å². The van der Waals surface area contributed by atoms with Crippen molar-refractivity contribution < 1.29 is 64.9 Å². The highest BCUT2D eigenvalue weighted by Gasteiger charge is 2.58. The minimum Gasteiger partial charge on any atom is -0.410 e. The number of aromatic nitrogens is 4. The van der Waals surface area contributed by atoms with Crippen LogP contribution >= 0.6 is 0 Å². The summed E-state index contributed by atoms with van der Waals surface area (Å²) >= 11 is 0. The van der Waals surface area contributed by atoms with E-state index in [1.54, 1.807) is 0 Å². The van der Waals surface area contributed by atoms with Crippen LogP contribution in [0.4, 0.5) is 19.1 Å². The maximum Gasteiger partial charge on any atom is 0.523 e. The van der Waals surface area contributed by atoms with E-state index in [9.17, 15) is 51.6 Å². The standard InChI is InChI=1S/C28H44F3N5O12SSi/c1-13(2)21(41)34-24-33-20-16(22(42)36(24)27(11-38)19(40)14(39)10-45-27)32-12-35(20)23-18(47-49(43,44)28(29,30)31)17(15(9-37)46-23)48-50(25(3,4)5)26(6,7)8/h12-15,17-19,23,37-40,50H,9-11H2,1-8H3,(H,33,34,41)/t14-,15-,17?,18?,19+,23-,27+/m1/s1. The molecule has 5 N–H and O–H groups in total. The first-order valence-electron chi connectivity index (χ1n) is 15.7. The number of aliphatic hydroxyl groups excluding tert-OH is 4. The normalized spacial score (nSPS) is 28.3. The molecular formula is C28H44F3N5O12SSi. The smallest absolute Gasteiger partial charge is 0.410 e. The third-order valence-electron chi connectivity index (χ3n) is 8.42. The van der Waals surface area contributed by atoms with Gasteiger partial charge in [0, 0.05) is 5.92 Å². The fourth-order valence-electron chi connectivity index (χ4n) is 6.37. The monoisotopic (exact) mass is 759 g/mol. The molecule has 7 atom stereocenters. The predicted octanol–water partition coefficient (Wildman–Crippen LogP) is 0.418. The van der Waals surface area contributed by atoms with Crippen LogP contribution in [0.3, 0.4) is 0 Å². The van der Waals surface area contributed by atoms with Crippen LogP contribution in [-0.2, 0) is 38.7 Å². The molecule has 284 valence electrons. The Labute approximate surface area is 287 Å². The molecule has 50 heavy (non-hydrogen) atoms. The van der Waals surface area contributed by atoms with Crippen molar-refractivity contribution in [3.63, 3.8) is 0 Å². The number of nitrogens with one attached hydrogen (secondary N) is 1. The second kappa shape index (κ2) is 13.8. The summed E-state index contributed by atoms with van der Waals surface area (Å²) in [5.41, 5.74) is -10.4. The Morgan fingerprint density at radius 3 is 2.20 bits per heavy atom. The van der Waals surface area contributed by atoms with E-state index in [0.29, 0.717) is 4.57 Å². The molecule has 0 saturated carbocycles. The van der Waals surface area contributed by atoms with Gasteiger partial charge in [0.05, 0.1) is 26.1 Å². The summed E-state index contributed by atoms with van der Waals surface area (Å²) in [4.78, 5) is 35.3. The van der Waals surface area contributed by atoms with Gasteiger partial charge in [-0.25, -0.2) is 9.55 Å². The highest BCUT2D eigenvalue weighted by atomic mass is 32.2. The molecule has 2 unspecified atom stereocenters. The number of rotatable bonds is 10. The van der Waals surface area contributed by atoms with Crippen LogP contribution in [0, 0.1) is 5.92 Å². The number of carbonyl (C=O) groups excluding carboxylic acids is 1. The van der Waals surface area contributed by atoms with Gasteiger partial charge in [0.25, 0.3) is 5.56 Å². The molecule has 2 aromatic heterocycles. The molecular weight excluding hydrogens is 715 g/mol. The van der Waals surface area contributed by atoms with Gasteiger partial charge in [0.1, 0.15) is 30.5 Å². The van der Waals surface area contributed by atoms with Gasteiger partial charge in [-0.3, -0.25) is 23.7 Å². The van der Waals surface area contributed by atoms with Crippen LogP contribution in [0.1, 0.15) is 61.6 Å². The molecule has 17 nitrogen and oxygen atoms in total. The maximum absolute atomic E-state index is 14.1. The van der Waals surface area contributed by atoms with Crippen LogP contribution in [-0.4, -0.2) is 119 Å². The lowest BCUT2D eigenvalue weighted by molar-refractivity contribution is -0.152. The summed E-state index contributed by atoms with van der Waals surface area (Å²) < 4.78 is 90.4. The maximum atomic E-state index is 14.1. The van der Waals surface area contributed by atoms with Crippen molar-refractivity contribution in [2.24, 2.45) is 5.92 Å². The van der Waals surface area contributed by atoms with E-state index in [-0.39, 0.29) is 0 Å². The van der Waals surface area contributed by atoms with Crippen LogP contribution in [0.15, 0.2) is 11.1 Å². The molecule has 22 heteroatoms. The topological polar surface area (TPSA) is 234 Å². The second-order valence-corrected chi connectivity index (χ2v) is 20.9. The highest BCUT2D eigenvalue weighted by Crippen LogP contribution is 2.46. The summed E-state index contributed by atoms with van der Waals surface area (Å²) in [6.45, 7) is 11.7. The zero-order chi connectivity index (χ0) is 37.9. The van der Waals surface area contributed by atoms with Gasteiger partial charge in [-0.15, -0.1) is 0 Å². The third-order valence-corrected chi connectivity index (χ3v) is 13.2. The molecule has 4 heterocycles. The van der Waals surface area contributed by atoms with Gasteiger partial charge in [0.2, 0.25) is 17.6 Å². The second-order valence-electron chi connectivity index (χ2n) is 14.8. The number of aliphatic hydroxyl groups is 4.